The predicted molar refractivity (Wildman–Crippen MR) is 90.9 cm³/mol. The number of rotatable bonds is 1. The smallest absolute Gasteiger partial charge is 0.166 e. The number of hydrogen-bond acceptors (Lipinski definition) is 5. The minimum absolute atomic E-state index is 0.0227. The predicted octanol–water partition coefficient (Wildman–Crippen LogP) is 2.77. The van der Waals surface area contributed by atoms with E-state index in [2.05, 4.69) is 0 Å². The maximum Gasteiger partial charge on any atom is 0.166 e. The Morgan fingerprint density at radius 2 is 2.16 bits per heavy atom. The van der Waals surface area contributed by atoms with E-state index in [4.69, 9.17) is 4.42 Å². The van der Waals surface area contributed by atoms with Crippen molar-refractivity contribution in [3.05, 3.63) is 35.3 Å². The summed E-state index contributed by atoms with van der Waals surface area (Å²) in [5, 5.41) is 31.2. The fourth-order valence-corrected chi connectivity index (χ4v) is 5.80. The van der Waals surface area contributed by atoms with E-state index in [0.29, 0.717) is 30.6 Å². The molecule has 1 spiro atoms. The van der Waals surface area contributed by atoms with Gasteiger partial charge in [-0.05, 0) is 68.4 Å². The van der Waals surface area contributed by atoms with Gasteiger partial charge in [0.25, 0.3) is 0 Å². The maximum absolute atomic E-state index is 12.7. The van der Waals surface area contributed by atoms with Crippen LogP contribution in [0.2, 0.25) is 0 Å². The number of carbonyl (C=O) groups excluding carboxylic acids is 1. The molecule has 1 heterocycles. The Morgan fingerprint density at radius 1 is 1.36 bits per heavy atom. The van der Waals surface area contributed by atoms with Crippen LogP contribution in [0.25, 0.3) is 0 Å². The molecule has 5 unspecified atom stereocenters. The highest BCUT2D eigenvalue weighted by Gasteiger charge is 2.59. The van der Waals surface area contributed by atoms with E-state index < -0.39 is 11.7 Å². The van der Waals surface area contributed by atoms with Gasteiger partial charge in [0, 0.05) is 6.42 Å². The van der Waals surface area contributed by atoms with E-state index in [0.717, 1.165) is 24.8 Å². The topological polar surface area (TPSA) is 90.9 Å². The Balaban J connectivity index is 1.77. The van der Waals surface area contributed by atoms with E-state index in [1.54, 1.807) is 12.1 Å². The summed E-state index contributed by atoms with van der Waals surface area (Å²) in [6.45, 7) is 1.80. The van der Waals surface area contributed by atoms with E-state index >= 15 is 0 Å². The Bertz CT molecular complexity index is 719. The van der Waals surface area contributed by atoms with Crippen molar-refractivity contribution in [2.24, 2.45) is 17.3 Å². The second-order valence-corrected chi connectivity index (χ2v) is 8.31. The lowest BCUT2D eigenvalue weighted by molar-refractivity contribution is -0.0473. The quantitative estimate of drug-likeness (QED) is 0.680. The fraction of sp³-hybridized carbons (Fsp3) is 0.650. The summed E-state index contributed by atoms with van der Waals surface area (Å²) in [6, 6.07) is 1.63. The standard InChI is InChI=1S/C20H26O5/c1-12-8-17(23)18-14(5-7-25-18)16(22)4-6-19-9-13(2-3-15(12)19)20(24,10-19)11-21/h5,7-8,13,15,17,21,23-24H,2-4,6,9-11H2,1H3. The summed E-state index contributed by atoms with van der Waals surface area (Å²) >= 11 is 0. The molecule has 2 bridgehead atoms. The highest BCUT2D eigenvalue weighted by Crippen LogP contribution is 2.62. The molecule has 3 N–H and O–H groups in total. The van der Waals surface area contributed by atoms with Crippen LogP contribution in [0.1, 0.15) is 67.7 Å². The molecule has 4 rings (SSSR count). The van der Waals surface area contributed by atoms with Crippen molar-refractivity contribution in [3.8, 4) is 0 Å². The number of hydrogen-bond donors (Lipinski definition) is 3. The van der Waals surface area contributed by atoms with E-state index in [9.17, 15) is 20.1 Å². The van der Waals surface area contributed by atoms with Gasteiger partial charge >= 0.3 is 0 Å². The van der Waals surface area contributed by atoms with Gasteiger partial charge in [-0.2, -0.15) is 0 Å². The van der Waals surface area contributed by atoms with Crippen molar-refractivity contribution in [1.29, 1.82) is 0 Å². The van der Waals surface area contributed by atoms with Crippen molar-refractivity contribution >= 4 is 5.78 Å². The van der Waals surface area contributed by atoms with Crippen molar-refractivity contribution in [2.45, 2.75) is 57.2 Å². The van der Waals surface area contributed by atoms with Crippen LogP contribution in [0.4, 0.5) is 0 Å². The van der Waals surface area contributed by atoms with Gasteiger partial charge in [0.15, 0.2) is 5.78 Å². The van der Waals surface area contributed by atoms with Gasteiger partial charge < -0.3 is 19.7 Å². The van der Waals surface area contributed by atoms with Gasteiger partial charge in [-0.3, -0.25) is 4.79 Å². The Labute approximate surface area is 147 Å². The zero-order valence-corrected chi connectivity index (χ0v) is 14.6. The molecule has 25 heavy (non-hydrogen) atoms. The zero-order valence-electron chi connectivity index (χ0n) is 14.6. The lowest BCUT2D eigenvalue weighted by Crippen LogP contribution is -2.37. The van der Waals surface area contributed by atoms with Crippen LogP contribution in [0.5, 0.6) is 0 Å². The third-order valence-corrected chi connectivity index (χ3v) is 6.97. The normalized spacial score (nSPS) is 41.0. The van der Waals surface area contributed by atoms with Crippen LogP contribution in [0.15, 0.2) is 28.4 Å². The lowest BCUT2D eigenvalue weighted by Gasteiger charge is -2.42. The average Bonchev–Trinajstić information content (AvgIpc) is 3.15. The first-order valence-electron chi connectivity index (χ1n) is 9.19. The van der Waals surface area contributed by atoms with Gasteiger partial charge in [0.2, 0.25) is 0 Å². The van der Waals surface area contributed by atoms with Gasteiger partial charge in [0.1, 0.15) is 11.9 Å². The molecule has 0 radical (unpaired) electrons. The summed E-state index contributed by atoms with van der Waals surface area (Å²) < 4.78 is 5.38. The lowest BCUT2D eigenvalue weighted by atomic mass is 9.62. The van der Waals surface area contributed by atoms with Crippen molar-refractivity contribution in [3.63, 3.8) is 0 Å². The van der Waals surface area contributed by atoms with Crippen LogP contribution in [0, 0.1) is 17.3 Å². The second kappa shape index (κ2) is 5.79. The number of allylic oxidation sites excluding steroid dienone is 1. The van der Waals surface area contributed by atoms with Gasteiger partial charge in [0.05, 0.1) is 24.0 Å². The summed E-state index contributed by atoms with van der Waals surface area (Å²) in [5.74, 6) is 0.606. The fourth-order valence-electron chi connectivity index (χ4n) is 5.80. The van der Waals surface area contributed by atoms with Crippen LogP contribution in [0.3, 0.4) is 0 Å². The van der Waals surface area contributed by atoms with E-state index in [1.165, 1.54) is 6.26 Å². The number of furan rings is 1. The summed E-state index contributed by atoms with van der Waals surface area (Å²) in [4.78, 5) is 12.7. The minimum atomic E-state index is -1.04. The van der Waals surface area contributed by atoms with Crippen LogP contribution < -0.4 is 0 Å². The zero-order chi connectivity index (χ0) is 17.8. The molecule has 5 nitrogen and oxygen atoms in total. The molecule has 1 aromatic heterocycles. The molecule has 3 aliphatic rings. The molecule has 0 aromatic carbocycles. The SMILES string of the molecule is CC1=CC(O)c2occc2C(=O)CCC23CC(CCC12)C(O)(CO)C3. The van der Waals surface area contributed by atoms with Crippen LogP contribution in [-0.4, -0.2) is 33.3 Å². The first-order valence-corrected chi connectivity index (χ1v) is 9.19. The van der Waals surface area contributed by atoms with Gasteiger partial charge in [-0.1, -0.05) is 5.57 Å². The van der Waals surface area contributed by atoms with Crippen molar-refractivity contribution in [2.75, 3.05) is 6.61 Å². The summed E-state index contributed by atoms with van der Waals surface area (Å²) in [7, 11) is 0. The first kappa shape index (κ1) is 17.0. The maximum atomic E-state index is 12.7. The molecule has 1 aromatic rings. The van der Waals surface area contributed by atoms with Crippen molar-refractivity contribution < 1.29 is 24.5 Å². The average molecular weight is 346 g/mol. The minimum Gasteiger partial charge on any atom is -0.465 e. The molecule has 0 amide bonds. The molecule has 136 valence electrons. The molecule has 5 atom stereocenters. The monoisotopic (exact) mass is 346 g/mol. The molecular formula is C20H26O5. The Morgan fingerprint density at radius 3 is 2.92 bits per heavy atom. The highest BCUT2D eigenvalue weighted by atomic mass is 16.4. The van der Waals surface area contributed by atoms with Gasteiger partial charge in [-0.15, -0.1) is 0 Å². The second-order valence-electron chi connectivity index (χ2n) is 8.31. The molecule has 2 saturated carbocycles. The number of aliphatic hydroxyl groups excluding tert-OH is 2. The number of fused-ring (bicyclic) bond motifs is 2. The molecule has 0 saturated heterocycles. The largest absolute Gasteiger partial charge is 0.465 e. The number of aliphatic hydroxyl groups is 3. The van der Waals surface area contributed by atoms with Crippen molar-refractivity contribution in [1.82, 2.24) is 0 Å². The number of ketones is 1. The molecule has 0 aliphatic heterocycles. The van der Waals surface area contributed by atoms with E-state index in [-0.39, 0.29) is 29.6 Å². The molecule has 5 heteroatoms. The highest BCUT2D eigenvalue weighted by molar-refractivity contribution is 5.97. The molecule has 2 fully saturated rings. The Kier molecular flexibility index (Phi) is 3.94. The molecule has 3 aliphatic carbocycles. The summed E-state index contributed by atoms with van der Waals surface area (Å²) in [5.41, 5.74) is 0.318. The third-order valence-electron chi connectivity index (χ3n) is 6.97. The summed E-state index contributed by atoms with van der Waals surface area (Å²) in [6.07, 6.45) is 6.53. The first-order chi connectivity index (χ1) is 11.9. The van der Waals surface area contributed by atoms with Gasteiger partial charge in [-0.25, -0.2) is 0 Å². The van der Waals surface area contributed by atoms with Crippen LogP contribution >= 0.6 is 0 Å². The van der Waals surface area contributed by atoms with E-state index in [1.807, 2.05) is 6.92 Å². The Hall–Kier alpha value is -1.43. The number of carbonyl (C=O) groups is 1. The molecular weight excluding hydrogens is 320 g/mol. The third kappa shape index (κ3) is 2.52. The van der Waals surface area contributed by atoms with Crippen LogP contribution in [-0.2, 0) is 0 Å². The number of Topliss-reactive ketones (excluding diaryl/α,β-unsaturated/α-hetero) is 1.